The molecule has 2 aliphatic rings. The number of carbonyl (C=O) groups is 2. The van der Waals surface area contributed by atoms with E-state index in [1.807, 2.05) is 37.3 Å². The predicted octanol–water partition coefficient (Wildman–Crippen LogP) is 3.05. The summed E-state index contributed by atoms with van der Waals surface area (Å²) in [5.74, 6) is -0.997. The highest BCUT2D eigenvalue weighted by atomic mass is 35.5. The lowest BCUT2D eigenvalue weighted by Crippen LogP contribution is -2.53. The van der Waals surface area contributed by atoms with Crippen molar-refractivity contribution in [3.63, 3.8) is 0 Å². The molecule has 3 atom stereocenters. The van der Waals surface area contributed by atoms with Gasteiger partial charge in [-0.2, -0.15) is 4.31 Å². The zero-order valence-corrected chi connectivity index (χ0v) is 22.5. The van der Waals surface area contributed by atoms with Gasteiger partial charge in [0.25, 0.3) is 0 Å². The van der Waals surface area contributed by atoms with Crippen LogP contribution in [0.4, 0.5) is 0 Å². The molecule has 1 aliphatic carbocycles. The molecule has 2 amide bonds. The molecular weight excluding hydrogens is 514 g/mol. The topological polar surface area (TPSA) is 107 Å². The van der Waals surface area contributed by atoms with Crippen LogP contribution in [-0.4, -0.2) is 66.3 Å². The molecule has 1 unspecified atom stereocenters. The number of sulfonamides is 1. The summed E-state index contributed by atoms with van der Waals surface area (Å²) in [7, 11) is -3.95. The molecule has 0 aromatic heterocycles. The van der Waals surface area contributed by atoms with Crippen LogP contribution in [-0.2, 0) is 26.2 Å². The summed E-state index contributed by atoms with van der Waals surface area (Å²) in [6, 6.07) is 14.2. The largest absolute Gasteiger partial charge is 0.392 e. The third kappa shape index (κ3) is 6.90. The van der Waals surface area contributed by atoms with Gasteiger partial charge in [-0.25, -0.2) is 8.42 Å². The van der Waals surface area contributed by atoms with Gasteiger partial charge < -0.3 is 15.3 Å². The quantitative estimate of drug-likeness (QED) is 0.475. The second-order valence-electron chi connectivity index (χ2n) is 9.88. The van der Waals surface area contributed by atoms with E-state index in [1.54, 1.807) is 4.90 Å². The van der Waals surface area contributed by atoms with Crippen molar-refractivity contribution in [1.29, 1.82) is 0 Å². The molecule has 1 aliphatic heterocycles. The highest BCUT2D eigenvalue weighted by Gasteiger charge is 2.39. The first-order valence-electron chi connectivity index (χ1n) is 12.8. The van der Waals surface area contributed by atoms with Gasteiger partial charge in [0.15, 0.2) is 0 Å². The Morgan fingerprint density at radius 2 is 1.78 bits per heavy atom. The van der Waals surface area contributed by atoms with Crippen LogP contribution >= 0.6 is 11.6 Å². The van der Waals surface area contributed by atoms with Gasteiger partial charge in [-0.1, -0.05) is 61.7 Å². The van der Waals surface area contributed by atoms with E-state index in [0.29, 0.717) is 30.3 Å². The zero-order valence-electron chi connectivity index (χ0n) is 20.9. The fourth-order valence-electron chi connectivity index (χ4n) is 4.69. The summed E-state index contributed by atoms with van der Waals surface area (Å²) < 4.78 is 28.2. The van der Waals surface area contributed by atoms with Crippen molar-refractivity contribution in [3.8, 4) is 0 Å². The molecule has 2 aromatic rings. The second kappa shape index (κ2) is 11.9. The molecule has 8 nitrogen and oxygen atoms in total. The predicted molar refractivity (Wildman–Crippen MR) is 141 cm³/mol. The first kappa shape index (κ1) is 27.6. The molecule has 37 heavy (non-hydrogen) atoms. The van der Waals surface area contributed by atoms with Crippen LogP contribution in [0.25, 0.3) is 0 Å². The second-order valence-corrected chi connectivity index (χ2v) is 12.3. The van der Waals surface area contributed by atoms with Gasteiger partial charge >= 0.3 is 0 Å². The minimum Gasteiger partial charge on any atom is -0.392 e. The minimum atomic E-state index is -3.95. The van der Waals surface area contributed by atoms with Crippen molar-refractivity contribution in [2.45, 2.75) is 56.2 Å². The normalized spacial score (nSPS) is 20.8. The molecule has 0 spiro atoms. The maximum atomic E-state index is 13.6. The molecule has 1 saturated heterocycles. The summed E-state index contributed by atoms with van der Waals surface area (Å²) in [6.45, 7) is 2.18. The number of aliphatic hydroxyl groups excluding tert-OH is 1. The average molecular weight is 548 g/mol. The van der Waals surface area contributed by atoms with Crippen molar-refractivity contribution in [2.75, 3.05) is 19.6 Å². The van der Waals surface area contributed by atoms with Crippen molar-refractivity contribution in [3.05, 3.63) is 65.2 Å². The highest BCUT2D eigenvalue weighted by molar-refractivity contribution is 7.89. The van der Waals surface area contributed by atoms with Crippen molar-refractivity contribution >= 4 is 33.4 Å². The lowest BCUT2D eigenvalue weighted by atomic mass is 9.93. The molecule has 0 bridgehead atoms. The van der Waals surface area contributed by atoms with Crippen LogP contribution in [0.15, 0.2) is 59.5 Å². The maximum absolute atomic E-state index is 13.6. The van der Waals surface area contributed by atoms with E-state index in [2.05, 4.69) is 5.32 Å². The molecule has 2 N–H and O–H groups in total. The number of halogens is 1. The smallest absolute Gasteiger partial charge is 0.246 e. The Morgan fingerprint density at radius 3 is 2.41 bits per heavy atom. The van der Waals surface area contributed by atoms with Gasteiger partial charge in [0.2, 0.25) is 21.8 Å². The van der Waals surface area contributed by atoms with E-state index in [9.17, 15) is 23.1 Å². The molecule has 1 heterocycles. The standard InChI is InChI=1S/C27H34ClN3O5S/c1-2-25(32)23(16-19-8-9-19)26(33)29-24-18-31(37(35,36)22-12-10-21(28)11-13-22)15-14-30(27(24)34)17-20-6-4-3-5-7-20/h3-7,10-13,19,23-25,32H,2,8-9,14-18H2,1H3,(H,29,33)/t23-,24?,25+/m1/s1. The average Bonchev–Trinajstić information content (AvgIpc) is 3.73. The summed E-state index contributed by atoms with van der Waals surface area (Å²) in [5, 5.41) is 13.8. The monoisotopic (exact) mass is 547 g/mol. The van der Waals surface area contributed by atoms with E-state index in [0.717, 1.165) is 18.4 Å². The number of benzene rings is 2. The number of carbonyl (C=O) groups excluding carboxylic acids is 2. The summed E-state index contributed by atoms with van der Waals surface area (Å²) in [6.07, 6.45) is 2.21. The van der Waals surface area contributed by atoms with E-state index < -0.39 is 34.0 Å². The molecule has 1 saturated carbocycles. The van der Waals surface area contributed by atoms with Crippen LogP contribution in [0.1, 0.15) is 38.2 Å². The van der Waals surface area contributed by atoms with Crippen molar-refractivity contribution in [2.24, 2.45) is 11.8 Å². The SMILES string of the molecule is CC[C@H](O)[C@@H](CC1CC1)C(=O)NC1CN(S(=O)(=O)c2ccc(Cl)cc2)CCN(Cc2ccccc2)C1=O. The number of hydrogen-bond acceptors (Lipinski definition) is 5. The molecule has 4 rings (SSSR count). The molecular formula is C27H34ClN3O5S. The Hall–Kier alpha value is -2.46. The van der Waals surface area contributed by atoms with Crippen LogP contribution in [0.2, 0.25) is 5.02 Å². The van der Waals surface area contributed by atoms with E-state index in [1.165, 1.54) is 28.6 Å². The van der Waals surface area contributed by atoms with Crippen LogP contribution in [0.5, 0.6) is 0 Å². The summed E-state index contributed by atoms with van der Waals surface area (Å²) >= 11 is 5.95. The lowest BCUT2D eigenvalue weighted by molar-refractivity contribution is -0.138. The lowest BCUT2D eigenvalue weighted by Gasteiger charge is -2.28. The fourth-order valence-corrected chi connectivity index (χ4v) is 6.26. The number of rotatable bonds is 10. The summed E-state index contributed by atoms with van der Waals surface area (Å²) in [4.78, 5) is 28.6. The van der Waals surface area contributed by atoms with Gasteiger partial charge in [-0.3, -0.25) is 9.59 Å². The number of nitrogens with zero attached hydrogens (tertiary/aromatic N) is 2. The van der Waals surface area contributed by atoms with Crippen LogP contribution < -0.4 is 5.32 Å². The number of hydrogen-bond donors (Lipinski definition) is 2. The minimum absolute atomic E-state index is 0.0685. The zero-order chi connectivity index (χ0) is 26.6. The Bertz CT molecular complexity index is 1190. The Labute approximate surface area is 223 Å². The fraction of sp³-hybridized carbons (Fsp3) is 0.481. The van der Waals surface area contributed by atoms with Crippen molar-refractivity contribution in [1.82, 2.24) is 14.5 Å². The Morgan fingerprint density at radius 1 is 1.11 bits per heavy atom. The number of aliphatic hydroxyl groups is 1. The van der Waals surface area contributed by atoms with Gasteiger partial charge in [-0.15, -0.1) is 0 Å². The Balaban J connectivity index is 1.60. The van der Waals surface area contributed by atoms with E-state index in [-0.39, 0.29) is 30.4 Å². The highest BCUT2D eigenvalue weighted by Crippen LogP contribution is 2.36. The number of nitrogens with one attached hydrogen (secondary N) is 1. The summed E-state index contributed by atoms with van der Waals surface area (Å²) in [5.41, 5.74) is 0.906. The third-order valence-corrected chi connectivity index (χ3v) is 9.23. The van der Waals surface area contributed by atoms with Gasteiger partial charge in [-0.05, 0) is 48.6 Å². The van der Waals surface area contributed by atoms with Gasteiger partial charge in [0, 0.05) is 31.2 Å². The maximum Gasteiger partial charge on any atom is 0.246 e. The van der Waals surface area contributed by atoms with Crippen LogP contribution in [0.3, 0.4) is 0 Å². The van der Waals surface area contributed by atoms with Crippen LogP contribution in [0, 0.1) is 11.8 Å². The van der Waals surface area contributed by atoms with Crippen molar-refractivity contribution < 1.29 is 23.1 Å². The van der Waals surface area contributed by atoms with E-state index in [4.69, 9.17) is 11.6 Å². The Kier molecular flexibility index (Phi) is 8.90. The number of amides is 2. The molecule has 0 radical (unpaired) electrons. The molecule has 2 fully saturated rings. The molecule has 10 heteroatoms. The van der Waals surface area contributed by atoms with E-state index >= 15 is 0 Å². The molecule has 200 valence electrons. The third-order valence-electron chi connectivity index (χ3n) is 7.10. The first-order valence-corrected chi connectivity index (χ1v) is 14.6. The van der Waals surface area contributed by atoms with Gasteiger partial charge in [0.1, 0.15) is 6.04 Å². The molecule has 2 aromatic carbocycles. The van der Waals surface area contributed by atoms with Gasteiger partial charge in [0.05, 0.1) is 16.9 Å². The first-order chi connectivity index (χ1) is 17.7.